The minimum atomic E-state index is -0.200. The first kappa shape index (κ1) is 18.3. The number of halogens is 2. The summed E-state index contributed by atoms with van der Waals surface area (Å²) in [6.07, 6.45) is 0.926. The third-order valence-electron chi connectivity index (χ3n) is 3.15. The zero-order valence-corrected chi connectivity index (χ0v) is 14.9. The molecule has 0 aliphatic heterocycles. The van der Waals surface area contributed by atoms with Gasteiger partial charge in [0.05, 0.1) is 10.0 Å². The summed E-state index contributed by atoms with van der Waals surface area (Å²) in [5, 5.41) is 15.5. The van der Waals surface area contributed by atoms with E-state index in [9.17, 15) is 9.90 Å². The first-order valence-corrected chi connectivity index (χ1v) is 8.15. The van der Waals surface area contributed by atoms with Gasteiger partial charge >= 0.3 is 0 Å². The van der Waals surface area contributed by atoms with E-state index in [-0.39, 0.29) is 21.7 Å². The molecule has 0 aliphatic rings. The standard InChI is InChI=1S/C16H18Cl2N4O2/c1-9-6-10(2)21-16(20-9)19-5-3-4-14(23)22-11-7-12(17)15(24)13(18)8-11/h6-8,24H,3-5H2,1-2H3,(H,22,23)(H,19,20,21). The Morgan fingerprint density at radius 2 is 1.71 bits per heavy atom. The molecule has 0 bridgehead atoms. The summed E-state index contributed by atoms with van der Waals surface area (Å²) in [5.74, 6) is 0.190. The first-order valence-electron chi connectivity index (χ1n) is 7.39. The molecule has 0 unspecified atom stereocenters. The zero-order chi connectivity index (χ0) is 17.7. The van der Waals surface area contributed by atoms with E-state index >= 15 is 0 Å². The highest BCUT2D eigenvalue weighted by Gasteiger charge is 2.09. The summed E-state index contributed by atoms with van der Waals surface area (Å²) in [6, 6.07) is 4.79. The molecule has 24 heavy (non-hydrogen) atoms. The Hall–Kier alpha value is -2.05. The molecule has 0 saturated carbocycles. The second-order valence-corrected chi connectivity index (χ2v) is 6.16. The predicted octanol–water partition coefficient (Wildman–Crippen LogP) is 3.94. The van der Waals surface area contributed by atoms with Crippen LogP contribution in [0.1, 0.15) is 24.2 Å². The molecule has 0 spiro atoms. The highest BCUT2D eigenvalue weighted by molar-refractivity contribution is 6.37. The van der Waals surface area contributed by atoms with Crippen LogP contribution >= 0.6 is 23.2 Å². The van der Waals surface area contributed by atoms with Crippen molar-refractivity contribution in [3.8, 4) is 5.75 Å². The lowest BCUT2D eigenvalue weighted by Gasteiger charge is -2.09. The molecule has 0 fully saturated rings. The fourth-order valence-corrected chi connectivity index (χ4v) is 2.60. The number of amides is 1. The van der Waals surface area contributed by atoms with Crippen LogP contribution in [0, 0.1) is 13.8 Å². The molecule has 0 saturated heterocycles. The fraction of sp³-hybridized carbons (Fsp3) is 0.312. The molecule has 1 aromatic heterocycles. The van der Waals surface area contributed by atoms with Crippen LogP contribution in [0.2, 0.25) is 10.0 Å². The van der Waals surface area contributed by atoms with Gasteiger partial charge in [0.1, 0.15) is 0 Å². The quantitative estimate of drug-likeness (QED) is 0.530. The molecule has 8 heteroatoms. The number of hydrogen-bond donors (Lipinski definition) is 3. The number of anilines is 2. The molecule has 6 nitrogen and oxygen atoms in total. The van der Waals surface area contributed by atoms with E-state index in [0.29, 0.717) is 31.0 Å². The maximum absolute atomic E-state index is 11.9. The van der Waals surface area contributed by atoms with Crippen molar-refractivity contribution < 1.29 is 9.90 Å². The van der Waals surface area contributed by atoms with Crippen molar-refractivity contribution in [2.75, 3.05) is 17.2 Å². The van der Waals surface area contributed by atoms with Crippen LogP contribution in [0.3, 0.4) is 0 Å². The highest BCUT2D eigenvalue weighted by Crippen LogP contribution is 2.34. The molecular weight excluding hydrogens is 351 g/mol. The Balaban J connectivity index is 1.79. The smallest absolute Gasteiger partial charge is 0.224 e. The molecule has 1 heterocycles. The average molecular weight is 369 g/mol. The minimum absolute atomic E-state index is 0.0893. The van der Waals surface area contributed by atoms with E-state index in [4.69, 9.17) is 23.2 Å². The number of aromatic nitrogens is 2. The normalized spacial score (nSPS) is 10.5. The summed E-state index contributed by atoms with van der Waals surface area (Å²) < 4.78 is 0. The van der Waals surface area contributed by atoms with Crippen molar-refractivity contribution >= 4 is 40.7 Å². The van der Waals surface area contributed by atoms with Gasteiger partial charge in [-0.3, -0.25) is 4.79 Å². The van der Waals surface area contributed by atoms with Gasteiger partial charge in [-0.05, 0) is 38.5 Å². The Morgan fingerprint density at radius 3 is 2.29 bits per heavy atom. The van der Waals surface area contributed by atoms with E-state index in [2.05, 4.69) is 20.6 Å². The van der Waals surface area contributed by atoms with Crippen molar-refractivity contribution in [3.05, 3.63) is 39.6 Å². The third kappa shape index (κ3) is 5.25. The van der Waals surface area contributed by atoms with Crippen molar-refractivity contribution in [1.29, 1.82) is 0 Å². The number of aryl methyl sites for hydroxylation is 2. The maximum atomic E-state index is 11.9. The monoisotopic (exact) mass is 368 g/mol. The molecule has 1 aromatic carbocycles. The number of aromatic hydroxyl groups is 1. The topological polar surface area (TPSA) is 87.1 Å². The molecule has 0 atom stereocenters. The van der Waals surface area contributed by atoms with Crippen LogP contribution in [0.25, 0.3) is 0 Å². The lowest BCUT2D eigenvalue weighted by atomic mass is 10.2. The fourth-order valence-electron chi connectivity index (χ4n) is 2.12. The van der Waals surface area contributed by atoms with Crippen LogP contribution < -0.4 is 10.6 Å². The molecule has 128 valence electrons. The van der Waals surface area contributed by atoms with Crippen LogP contribution in [-0.4, -0.2) is 27.5 Å². The van der Waals surface area contributed by atoms with Crippen LogP contribution in [-0.2, 0) is 4.79 Å². The lowest BCUT2D eigenvalue weighted by molar-refractivity contribution is -0.116. The summed E-state index contributed by atoms with van der Waals surface area (Å²) >= 11 is 11.6. The van der Waals surface area contributed by atoms with Crippen LogP contribution in [0.15, 0.2) is 18.2 Å². The number of hydrogen-bond acceptors (Lipinski definition) is 5. The van der Waals surface area contributed by atoms with Crippen LogP contribution in [0.4, 0.5) is 11.6 Å². The van der Waals surface area contributed by atoms with E-state index in [1.54, 1.807) is 0 Å². The number of benzene rings is 1. The zero-order valence-electron chi connectivity index (χ0n) is 13.4. The lowest BCUT2D eigenvalue weighted by Crippen LogP contribution is -2.14. The van der Waals surface area contributed by atoms with Crippen LogP contribution in [0.5, 0.6) is 5.75 Å². The number of rotatable bonds is 6. The number of nitrogens with one attached hydrogen (secondary N) is 2. The van der Waals surface area contributed by atoms with Gasteiger partial charge in [-0.15, -0.1) is 0 Å². The Kier molecular flexibility index (Phi) is 6.23. The van der Waals surface area contributed by atoms with Crippen molar-refractivity contribution in [1.82, 2.24) is 9.97 Å². The Morgan fingerprint density at radius 1 is 1.12 bits per heavy atom. The SMILES string of the molecule is Cc1cc(C)nc(NCCCC(=O)Nc2cc(Cl)c(O)c(Cl)c2)n1. The summed E-state index contributed by atoms with van der Waals surface area (Å²) in [5.41, 5.74) is 2.23. The van der Waals surface area contributed by atoms with Crippen molar-refractivity contribution in [2.45, 2.75) is 26.7 Å². The molecule has 0 aliphatic carbocycles. The van der Waals surface area contributed by atoms with Gasteiger partial charge in [-0.1, -0.05) is 23.2 Å². The Labute approximate surface area is 150 Å². The van der Waals surface area contributed by atoms with Gasteiger partial charge in [0.2, 0.25) is 11.9 Å². The molecule has 2 rings (SSSR count). The number of phenolic OH excluding ortho intramolecular Hbond substituents is 1. The van der Waals surface area contributed by atoms with E-state index in [0.717, 1.165) is 11.4 Å². The molecule has 2 aromatic rings. The molecule has 3 N–H and O–H groups in total. The van der Waals surface area contributed by atoms with Gasteiger partial charge in [-0.25, -0.2) is 9.97 Å². The van der Waals surface area contributed by atoms with Crippen molar-refractivity contribution in [3.63, 3.8) is 0 Å². The largest absolute Gasteiger partial charge is 0.505 e. The van der Waals surface area contributed by atoms with Gasteiger partial charge < -0.3 is 15.7 Å². The third-order valence-corrected chi connectivity index (χ3v) is 3.72. The number of carbonyl (C=O) groups is 1. The molecule has 0 radical (unpaired) electrons. The van der Waals surface area contributed by atoms with Gasteiger partial charge in [0, 0.05) is 30.0 Å². The van der Waals surface area contributed by atoms with Crippen molar-refractivity contribution in [2.24, 2.45) is 0 Å². The van der Waals surface area contributed by atoms with E-state index in [1.807, 2.05) is 19.9 Å². The Bertz CT molecular complexity index is 710. The number of phenols is 1. The molecular formula is C16H18Cl2N4O2. The van der Waals surface area contributed by atoms with Gasteiger partial charge in [0.15, 0.2) is 5.75 Å². The average Bonchev–Trinajstić information content (AvgIpc) is 2.48. The summed E-state index contributed by atoms with van der Waals surface area (Å²) in [6.45, 7) is 4.38. The predicted molar refractivity (Wildman–Crippen MR) is 96.0 cm³/mol. The summed E-state index contributed by atoms with van der Waals surface area (Å²) in [4.78, 5) is 20.5. The highest BCUT2D eigenvalue weighted by atomic mass is 35.5. The maximum Gasteiger partial charge on any atom is 0.224 e. The van der Waals surface area contributed by atoms with Gasteiger partial charge in [0.25, 0.3) is 0 Å². The molecule has 1 amide bonds. The minimum Gasteiger partial charge on any atom is -0.505 e. The van der Waals surface area contributed by atoms with E-state index < -0.39 is 0 Å². The van der Waals surface area contributed by atoms with Gasteiger partial charge in [-0.2, -0.15) is 0 Å². The number of carbonyl (C=O) groups excluding carboxylic acids is 1. The second kappa shape index (κ2) is 8.17. The second-order valence-electron chi connectivity index (χ2n) is 5.34. The summed E-state index contributed by atoms with van der Waals surface area (Å²) in [7, 11) is 0. The van der Waals surface area contributed by atoms with E-state index in [1.165, 1.54) is 12.1 Å². The first-order chi connectivity index (χ1) is 11.3. The number of nitrogens with zero attached hydrogens (tertiary/aromatic N) is 2.